The van der Waals surface area contributed by atoms with Gasteiger partial charge in [-0.3, -0.25) is 0 Å². The van der Waals surface area contributed by atoms with Gasteiger partial charge in [0.25, 0.3) is 0 Å². The highest BCUT2D eigenvalue weighted by Gasteiger charge is 2.49. The summed E-state index contributed by atoms with van der Waals surface area (Å²) in [4.78, 5) is 0. The van der Waals surface area contributed by atoms with Crippen molar-refractivity contribution in [1.82, 2.24) is 0 Å². The minimum absolute atomic E-state index is 0.196. The number of hydrogen-bond acceptors (Lipinski definition) is 0. The summed E-state index contributed by atoms with van der Waals surface area (Å²) in [5.74, 6) is 0.654. The second-order valence-electron chi connectivity index (χ2n) is 5.94. The molecule has 1 aromatic rings. The number of halogens is 1. The Hall–Kier alpha value is -0.490. The highest BCUT2D eigenvalue weighted by molar-refractivity contribution is 6.21. The molecule has 1 fully saturated rings. The molecule has 2 atom stereocenters. The Morgan fingerprint density at radius 2 is 1.82 bits per heavy atom. The van der Waals surface area contributed by atoms with Gasteiger partial charge in [-0.1, -0.05) is 45.9 Å². The average Bonchev–Trinajstić information content (AvgIpc) is 2.96. The zero-order valence-electron chi connectivity index (χ0n) is 11.4. The zero-order valence-corrected chi connectivity index (χ0v) is 12.1. The Morgan fingerprint density at radius 1 is 1.24 bits per heavy atom. The van der Waals surface area contributed by atoms with Gasteiger partial charge in [-0.05, 0) is 47.3 Å². The maximum atomic E-state index is 6.61. The lowest BCUT2D eigenvalue weighted by molar-refractivity contribution is 0.548. The summed E-state index contributed by atoms with van der Waals surface area (Å²) in [6.07, 6.45) is 3.48. The van der Waals surface area contributed by atoms with Crippen LogP contribution in [0.4, 0.5) is 0 Å². The van der Waals surface area contributed by atoms with E-state index in [2.05, 4.69) is 45.9 Å². The van der Waals surface area contributed by atoms with Crippen molar-refractivity contribution in [2.45, 2.75) is 52.3 Å². The fourth-order valence-corrected chi connectivity index (χ4v) is 3.30. The molecule has 0 amide bonds. The van der Waals surface area contributed by atoms with Crippen molar-refractivity contribution < 1.29 is 0 Å². The molecule has 17 heavy (non-hydrogen) atoms. The van der Waals surface area contributed by atoms with E-state index >= 15 is 0 Å². The smallest absolute Gasteiger partial charge is 0.0618 e. The molecule has 1 saturated carbocycles. The van der Waals surface area contributed by atoms with Gasteiger partial charge < -0.3 is 0 Å². The van der Waals surface area contributed by atoms with Crippen molar-refractivity contribution >= 4 is 11.6 Å². The Morgan fingerprint density at radius 3 is 2.29 bits per heavy atom. The number of aryl methyl sites for hydroxylation is 2. The van der Waals surface area contributed by atoms with E-state index < -0.39 is 0 Å². The summed E-state index contributed by atoms with van der Waals surface area (Å²) in [5.41, 5.74) is 4.70. The minimum atomic E-state index is 0.196. The monoisotopic (exact) mass is 250 g/mol. The second-order valence-corrected chi connectivity index (χ2v) is 6.41. The van der Waals surface area contributed by atoms with E-state index in [0.29, 0.717) is 11.3 Å². The molecule has 0 radical (unpaired) electrons. The molecule has 0 saturated heterocycles. The summed E-state index contributed by atoms with van der Waals surface area (Å²) in [6.45, 7) is 9.07. The molecule has 2 rings (SSSR count). The molecule has 0 nitrogen and oxygen atoms in total. The highest BCUT2D eigenvalue weighted by atomic mass is 35.5. The lowest BCUT2D eigenvalue weighted by atomic mass is 9.96. The predicted octanol–water partition coefficient (Wildman–Crippen LogP) is 5.14. The molecule has 0 spiro atoms. The van der Waals surface area contributed by atoms with E-state index in [1.54, 1.807) is 0 Å². The Bertz CT molecular complexity index is 406. The quantitative estimate of drug-likeness (QED) is 0.650. The molecule has 0 N–H and O–H groups in total. The van der Waals surface area contributed by atoms with Crippen LogP contribution >= 0.6 is 11.6 Å². The first kappa shape index (κ1) is 13.0. The SMILES string of the molecule is CCc1ccc(C(Cl)C2CC2(C)C)cc1CC. The topological polar surface area (TPSA) is 0 Å². The fraction of sp³-hybridized carbons (Fsp3) is 0.625. The first-order chi connectivity index (χ1) is 7.99. The third-order valence-corrected chi connectivity index (χ3v) is 4.81. The van der Waals surface area contributed by atoms with Gasteiger partial charge in [-0.25, -0.2) is 0 Å². The van der Waals surface area contributed by atoms with E-state index in [1.807, 2.05) is 0 Å². The molecular formula is C16H23Cl. The molecular weight excluding hydrogens is 228 g/mol. The van der Waals surface area contributed by atoms with E-state index in [0.717, 1.165) is 12.8 Å². The molecule has 0 aromatic heterocycles. The third kappa shape index (κ3) is 2.52. The van der Waals surface area contributed by atoms with E-state index in [-0.39, 0.29) is 5.38 Å². The average molecular weight is 251 g/mol. The molecule has 0 bridgehead atoms. The van der Waals surface area contributed by atoms with Crippen LogP contribution in [0.3, 0.4) is 0 Å². The predicted molar refractivity (Wildman–Crippen MR) is 75.7 cm³/mol. The largest absolute Gasteiger partial charge is 0.117 e. The standard InChI is InChI=1S/C16H23Cl/c1-5-11-7-8-13(9-12(11)6-2)15(17)14-10-16(14,3)4/h7-9,14-15H,5-6,10H2,1-4H3. The molecule has 2 unspecified atom stereocenters. The van der Waals surface area contributed by atoms with E-state index in [1.165, 1.54) is 23.1 Å². The van der Waals surface area contributed by atoms with E-state index in [9.17, 15) is 0 Å². The first-order valence-corrected chi connectivity index (χ1v) is 7.19. The third-order valence-electron chi connectivity index (χ3n) is 4.25. The van der Waals surface area contributed by atoms with Crippen molar-refractivity contribution in [3.63, 3.8) is 0 Å². The van der Waals surface area contributed by atoms with Gasteiger partial charge in [0.1, 0.15) is 0 Å². The van der Waals surface area contributed by atoms with Crippen LogP contribution in [-0.2, 0) is 12.8 Å². The summed E-state index contributed by atoms with van der Waals surface area (Å²) >= 11 is 6.61. The lowest BCUT2D eigenvalue weighted by Crippen LogP contribution is -2.01. The zero-order chi connectivity index (χ0) is 12.6. The molecule has 1 aliphatic carbocycles. The van der Waals surface area contributed by atoms with Crippen LogP contribution < -0.4 is 0 Å². The van der Waals surface area contributed by atoms with E-state index in [4.69, 9.17) is 11.6 Å². The van der Waals surface area contributed by atoms with Gasteiger partial charge in [-0.15, -0.1) is 11.6 Å². The maximum absolute atomic E-state index is 6.61. The van der Waals surface area contributed by atoms with Crippen LogP contribution in [0.25, 0.3) is 0 Å². The van der Waals surface area contributed by atoms with Gasteiger partial charge in [0, 0.05) is 0 Å². The Balaban J connectivity index is 2.22. The fourth-order valence-electron chi connectivity index (χ4n) is 2.73. The molecule has 94 valence electrons. The molecule has 1 aliphatic rings. The van der Waals surface area contributed by atoms with Crippen molar-refractivity contribution in [3.8, 4) is 0 Å². The van der Waals surface area contributed by atoms with Crippen LogP contribution in [0, 0.1) is 11.3 Å². The number of rotatable bonds is 4. The van der Waals surface area contributed by atoms with Crippen molar-refractivity contribution in [1.29, 1.82) is 0 Å². The number of benzene rings is 1. The van der Waals surface area contributed by atoms with Crippen molar-refractivity contribution in [3.05, 3.63) is 34.9 Å². The second kappa shape index (κ2) is 4.65. The molecule has 1 aromatic carbocycles. The van der Waals surface area contributed by atoms with Gasteiger partial charge in [-0.2, -0.15) is 0 Å². The van der Waals surface area contributed by atoms with Crippen molar-refractivity contribution in [2.24, 2.45) is 11.3 Å². The molecule has 0 aliphatic heterocycles. The summed E-state index contributed by atoms with van der Waals surface area (Å²) in [5, 5.41) is 0.196. The van der Waals surface area contributed by atoms with Crippen molar-refractivity contribution in [2.75, 3.05) is 0 Å². The Labute approximate surface area is 110 Å². The molecule has 1 heteroatoms. The van der Waals surface area contributed by atoms with Crippen LogP contribution in [0.15, 0.2) is 18.2 Å². The normalized spacial score (nSPS) is 23.5. The lowest BCUT2D eigenvalue weighted by Gasteiger charge is -2.15. The Kier molecular flexibility index (Phi) is 3.54. The van der Waals surface area contributed by atoms with Crippen LogP contribution in [0.5, 0.6) is 0 Å². The van der Waals surface area contributed by atoms with Crippen LogP contribution in [-0.4, -0.2) is 0 Å². The number of hydrogen-bond donors (Lipinski definition) is 0. The van der Waals surface area contributed by atoms with Gasteiger partial charge in [0.15, 0.2) is 0 Å². The van der Waals surface area contributed by atoms with Gasteiger partial charge in [0.05, 0.1) is 5.38 Å². The summed E-state index contributed by atoms with van der Waals surface area (Å²) < 4.78 is 0. The van der Waals surface area contributed by atoms with Crippen LogP contribution in [0.2, 0.25) is 0 Å². The minimum Gasteiger partial charge on any atom is -0.117 e. The number of alkyl halides is 1. The first-order valence-electron chi connectivity index (χ1n) is 6.75. The van der Waals surface area contributed by atoms with Crippen LogP contribution in [0.1, 0.15) is 56.2 Å². The maximum Gasteiger partial charge on any atom is 0.0618 e. The summed E-state index contributed by atoms with van der Waals surface area (Å²) in [7, 11) is 0. The van der Waals surface area contributed by atoms with Gasteiger partial charge in [0.2, 0.25) is 0 Å². The molecule has 0 heterocycles. The van der Waals surface area contributed by atoms with Gasteiger partial charge >= 0.3 is 0 Å². The summed E-state index contributed by atoms with van der Waals surface area (Å²) in [6, 6.07) is 6.81. The highest BCUT2D eigenvalue weighted by Crippen LogP contribution is 2.59.